The van der Waals surface area contributed by atoms with Crippen molar-refractivity contribution in [2.45, 2.75) is 12.5 Å². The van der Waals surface area contributed by atoms with Gasteiger partial charge in [0.15, 0.2) is 6.29 Å². The van der Waals surface area contributed by atoms with E-state index in [1.165, 1.54) is 0 Å². The number of aliphatic imine (C=N–C) groups is 1. The fourth-order valence-electron chi connectivity index (χ4n) is 3.06. The molecule has 0 aromatic carbocycles. The number of pyridine rings is 1. The summed E-state index contributed by atoms with van der Waals surface area (Å²) in [5, 5.41) is 3.43. The standard InChI is InChI=1S/C18H21N3O3/c1-3-14(5-8-19-6-1)17-23-12-18(13-24-17)10-21-16(22-11-18)15-4-2-7-20-9-15/h1-5,7-9,16-17,21H,6,10-13H2. The van der Waals surface area contributed by atoms with Crippen LogP contribution in [0.2, 0.25) is 0 Å². The van der Waals surface area contributed by atoms with Crippen LogP contribution in [-0.4, -0.2) is 50.4 Å². The first kappa shape index (κ1) is 15.7. The van der Waals surface area contributed by atoms with Crippen molar-refractivity contribution in [1.29, 1.82) is 0 Å². The lowest BCUT2D eigenvalue weighted by molar-refractivity contribution is -0.238. The van der Waals surface area contributed by atoms with Crippen LogP contribution in [0.25, 0.3) is 0 Å². The number of hydrogen-bond donors (Lipinski definition) is 1. The summed E-state index contributed by atoms with van der Waals surface area (Å²) in [6, 6.07) is 3.93. The molecule has 2 saturated heterocycles. The highest BCUT2D eigenvalue weighted by Crippen LogP contribution is 2.32. The van der Waals surface area contributed by atoms with Crippen molar-refractivity contribution in [1.82, 2.24) is 10.3 Å². The second kappa shape index (κ2) is 6.94. The molecule has 0 bridgehead atoms. The molecule has 0 amide bonds. The van der Waals surface area contributed by atoms with E-state index >= 15 is 0 Å². The molecule has 1 aromatic heterocycles. The van der Waals surface area contributed by atoms with Crippen molar-refractivity contribution in [2.75, 3.05) is 32.9 Å². The average molecular weight is 327 g/mol. The van der Waals surface area contributed by atoms with Crippen molar-refractivity contribution >= 4 is 6.21 Å². The van der Waals surface area contributed by atoms with Crippen molar-refractivity contribution in [3.8, 4) is 0 Å². The molecular weight excluding hydrogens is 306 g/mol. The van der Waals surface area contributed by atoms with Gasteiger partial charge in [-0.2, -0.15) is 0 Å². The molecule has 6 nitrogen and oxygen atoms in total. The maximum Gasteiger partial charge on any atom is 0.183 e. The monoisotopic (exact) mass is 327 g/mol. The molecule has 6 heteroatoms. The second-order valence-electron chi connectivity index (χ2n) is 6.40. The fourth-order valence-corrected chi connectivity index (χ4v) is 3.06. The molecular formula is C18H21N3O3. The predicted octanol–water partition coefficient (Wildman–Crippen LogP) is 1.63. The minimum Gasteiger partial charge on any atom is -0.358 e. The van der Waals surface area contributed by atoms with Gasteiger partial charge < -0.3 is 14.2 Å². The Bertz CT molecular complexity index is 639. The number of aromatic nitrogens is 1. The van der Waals surface area contributed by atoms with Gasteiger partial charge in [0.2, 0.25) is 0 Å². The summed E-state index contributed by atoms with van der Waals surface area (Å²) in [6.45, 7) is 3.29. The van der Waals surface area contributed by atoms with Crippen molar-refractivity contribution < 1.29 is 14.2 Å². The van der Waals surface area contributed by atoms with E-state index in [4.69, 9.17) is 14.2 Å². The van der Waals surface area contributed by atoms with E-state index < -0.39 is 0 Å². The smallest absolute Gasteiger partial charge is 0.183 e. The Morgan fingerprint density at radius 3 is 2.79 bits per heavy atom. The van der Waals surface area contributed by atoms with Crippen LogP contribution in [-0.2, 0) is 14.2 Å². The summed E-state index contributed by atoms with van der Waals surface area (Å²) >= 11 is 0. The molecule has 1 unspecified atom stereocenters. The molecule has 1 spiro atoms. The lowest BCUT2D eigenvalue weighted by atomic mass is 9.88. The molecule has 0 saturated carbocycles. The van der Waals surface area contributed by atoms with E-state index in [2.05, 4.69) is 15.3 Å². The molecule has 1 atom stereocenters. The van der Waals surface area contributed by atoms with E-state index in [9.17, 15) is 0 Å². The van der Waals surface area contributed by atoms with Gasteiger partial charge in [0.1, 0.15) is 6.23 Å². The first-order valence-corrected chi connectivity index (χ1v) is 8.19. The van der Waals surface area contributed by atoms with E-state index in [-0.39, 0.29) is 17.9 Å². The average Bonchev–Trinajstić information content (AvgIpc) is 2.93. The Balaban J connectivity index is 1.35. The molecule has 0 radical (unpaired) electrons. The van der Waals surface area contributed by atoms with Crippen LogP contribution in [0.5, 0.6) is 0 Å². The lowest BCUT2D eigenvalue weighted by Crippen LogP contribution is -2.55. The van der Waals surface area contributed by atoms with Gasteiger partial charge in [0.05, 0.1) is 31.8 Å². The van der Waals surface area contributed by atoms with Gasteiger partial charge in [0, 0.05) is 36.3 Å². The molecule has 0 aliphatic carbocycles. The Hall–Kier alpha value is -1.86. The van der Waals surface area contributed by atoms with Crippen LogP contribution in [0, 0.1) is 5.41 Å². The number of nitrogens with one attached hydrogen (secondary N) is 1. The molecule has 4 heterocycles. The second-order valence-corrected chi connectivity index (χ2v) is 6.40. The van der Waals surface area contributed by atoms with Crippen LogP contribution in [0.3, 0.4) is 0 Å². The number of rotatable bonds is 2. The summed E-state index contributed by atoms with van der Waals surface area (Å²) in [4.78, 5) is 8.34. The molecule has 126 valence electrons. The third-order valence-corrected chi connectivity index (χ3v) is 4.45. The first-order valence-electron chi connectivity index (χ1n) is 8.19. The molecule has 1 aromatic rings. The summed E-state index contributed by atoms with van der Waals surface area (Å²) in [7, 11) is 0. The highest BCUT2D eigenvalue weighted by Gasteiger charge is 2.41. The third kappa shape index (κ3) is 3.32. The Morgan fingerprint density at radius 1 is 1.17 bits per heavy atom. The fraction of sp³-hybridized carbons (Fsp3) is 0.444. The molecule has 2 fully saturated rings. The van der Waals surface area contributed by atoms with E-state index in [1.54, 1.807) is 12.4 Å². The highest BCUT2D eigenvalue weighted by molar-refractivity contribution is 5.74. The SMILES string of the molecule is C1=CC(C2OCC3(CNC(c4cccnc4)OC3)CO2)=CC=NC1. The Morgan fingerprint density at radius 2 is 2.04 bits per heavy atom. The molecule has 3 aliphatic rings. The first-order chi connectivity index (χ1) is 11.8. The maximum atomic E-state index is 6.00. The van der Waals surface area contributed by atoms with Crippen molar-refractivity contribution in [3.63, 3.8) is 0 Å². The van der Waals surface area contributed by atoms with Gasteiger partial charge in [-0.15, -0.1) is 0 Å². The zero-order chi connectivity index (χ0) is 16.2. The normalized spacial score (nSPS) is 33.2. The number of hydrogen-bond acceptors (Lipinski definition) is 6. The zero-order valence-corrected chi connectivity index (χ0v) is 13.4. The minimum atomic E-state index is -0.326. The number of allylic oxidation sites excluding steroid dienone is 1. The van der Waals surface area contributed by atoms with E-state index in [1.807, 2.05) is 36.6 Å². The quantitative estimate of drug-likeness (QED) is 0.894. The zero-order valence-electron chi connectivity index (χ0n) is 13.4. The topological polar surface area (TPSA) is 65.0 Å². The van der Waals surface area contributed by atoms with Gasteiger partial charge in [-0.3, -0.25) is 15.3 Å². The molecule has 1 N–H and O–H groups in total. The minimum absolute atomic E-state index is 0.120. The summed E-state index contributed by atoms with van der Waals surface area (Å²) < 4.78 is 17.9. The van der Waals surface area contributed by atoms with Crippen LogP contribution >= 0.6 is 0 Å². The molecule has 4 rings (SSSR count). The van der Waals surface area contributed by atoms with Gasteiger partial charge in [-0.25, -0.2) is 0 Å². The molecule has 24 heavy (non-hydrogen) atoms. The molecule has 3 aliphatic heterocycles. The van der Waals surface area contributed by atoms with Gasteiger partial charge in [-0.1, -0.05) is 18.2 Å². The van der Waals surface area contributed by atoms with Crippen LogP contribution in [0.15, 0.2) is 53.3 Å². The Labute approximate surface area is 141 Å². The summed E-state index contributed by atoms with van der Waals surface area (Å²) in [5.74, 6) is 0. The maximum absolute atomic E-state index is 6.00. The van der Waals surface area contributed by atoms with Crippen LogP contribution in [0.4, 0.5) is 0 Å². The highest BCUT2D eigenvalue weighted by atomic mass is 16.7. The largest absolute Gasteiger partial charge is 0.358 e. The van der Waals surface area contributed by atoms with Gasteiger partial charge in [-0.05, 0) is 12.1 Å². The van der Waals surface area contributed by atoms with Gasteiger partial charge in [0.25, 0.3) is 0 Å². The number of nitrogens with zero attached hydrogens (tertiary/aromatic N) is 2. The Kier molecular flexibility index (Phi) is 4.53. The van der Waals surface area contributed by atoms with Crippen molar-refractivity contribution in [2.24, 2.45) is 10.4 Å². The predicted molar refractivity (Wildman–Crippen MR) is 89.6 cm³/mol. The van der Waals surface area contributed by atoms with E-state index in [0.717, 1.165) is 17.7 Å². The van der Waals surface area contributed by atoms with Crippen molar-refractivity contribution in [3.05, 3.63) is 53.9 Å². The van der Waals surface area contributed by atoms with Crippen LogP contribution < -0.4 is 5.32 Å². The lowest BCUT2D eigenvalue weighted by Gasteiger charge is -2.44. The van der Waals surface area contributed by atoms with Crippen LogP contribution in [0.1, 0.15) is 11.8 Å². The summed E-state index contributed by atoms with van der Waals surface area (Å²) in [5.41, 5.74) is 1.90. The number of ether oxygens (including phenoxy) is 3. The van der Waals surface area contributed by atoms with Gasteiger partial charge >= 0.3 is 0 Å². The van der Waals surface area contributed by atoms with E-state index in [0.29, 0.717) is 26.4 Å². The summed E-state index contributed by atoms with van der Waals surface area (Å²) in [6.07, 6.45) is 10.9. The third-order valence-electron chi connectivity index (χ3n) is 4.45.